The van der Waals surface area contributed by atoms with Gasteiger partial charge in [0.1, 0.15) is 5.75 Å². The predicted molar refractivity (Wildman–Crippen MR) is 99.1 cm³/mol. The average Bonchev–Trinajstić information content (AvgIpc) is 3.20. The highest BCUT2D eigenvalue weighted by molar-refractivity contribution is 8.02. The fourth-order valence-electron chi connectivity index (χ4n) is 2.06. The lowest BCUT2D eigenvalue weighted by Gasteiger charge is -2.11. The van der Waals surface area contributed by atoms with Crippen LogP contribution >= 0.6 is 34.4 Å². The van der Waals surface area contributed by atoms with Gasteiger partial charge in [0.2, 0.25) is 5.91 Å². The molecule has 2 heterocycles. The van der Waals surface area contributed by atoms with E-state index in [0.717, 1.165) is 26.6 Å². The molecule has 1 atom stereocenters. The van der Waals surface area contributed by atoms with Gasteiger partial charge >= 0.3 is 0 Å². The number of carbonyl (C=O) groups excluding carboxylic acids is 1. The molecule has 0 spiro atoms. The molecule has 120 valence electrons. The molecule has 0 aliphatic rings. The molecule has 0 saturated heterocycles. The number of anilines is 1. The summed E-state index contributed by atoms with van der Waals surface area (Å²) in [5, 5.41) is 5.48. The number of carbonyl (C=O) groups is 1. The molecule has 0 aliphatic heterocycles. The van der Waals surface area contributed by atoms with Crippen molar-refractivity contribution in [2.45, 2.75) is 22.8 Å². The number of methoxy groups -OCH3 is 1. The van der Waals surface area contributed by atoms with E-state index in [4.69, 9.17) is 4.74 Å². The van der Waals surface area contributed by atoms with Crippen molar-refractivity contribution in [1.82, 2.24) is 4.98 Å². The summed E-state index contributed by atoms with van der Waals surface area (Å²) in [7, 11) is 1.64. The molecule has 1 N–H and O–H groups in total. The van der Waals surface area contributed by atoms with Crippen molar-refractivity contribution in [2.75, 3.05) is 12.4 Å². The minimum atomic E-state index is -0.116. The number of thiazole rings is 1. The molecule has 2 aromatic heterocycles. The Hall–Kier alpha value is -1.57. The van der Waals surface area contributed by atoms with E-state index in [1.165, 1.54) is 11.3 Å². The number of hydrogen-bond donors (Lipinski definition) is 1. The maximum atomic E-state index is 12.5. The fraction of sp³-hybridized carbons (Fsp3) is 0.250. The number of nitrogens with zero attached hydrogens (tertiary/aromatic N) is 1. The standard InChI is InChI=1S/C16H16N2O2S3/c1-3-12(22-14-5-4-8-21-14)15(19)18-16-17-11-7-6-10(20-2)9-13(11)23-16/h4-9,12H,3H2,1-2H3,(H,17,18,19). The summed E-state index contributed by atoms with van der Waals surface area (Å²) in [6.45, 7) is 2.02. The van der Waals surface area contributed by atoms with Gasteiger partial charge in [-0.15, -0.1) is 23.1 Å². The van der Waals surface area contributed by atoms with Crippen LogP contribution in [0.1, 0.15) is 13.3 Å². The molecule has 3 rings (SSSR count). The Balaban J connectivity index is 1.73. The molecule has 1 unspecified atom stereocenters. The lowest BCUT2D eigenvalue weighted by Crippen LogP contribution is -2.24. The van der Waals surface area contributed by atoms with Crippen LogP contribution in [0, 0.1) is 0 Å². The number of rotatable bonds is 6. The summed E-state index contributed by atoms with van der Waals surface area (Å²) in [6, 6.07) is 9.74. The zero-order valence-corrected chi connectivity index (χ0v) is 15.2. The van der Waals surface area contributed by atoms with E-state index < -0.39 is 0 Å². The van der Waals surface area contributed by atoms with Gasteiger partial charge in [0.15, 0.2) is 5.13 Å². The first-order valence-electron chi connectivity index (χ1n) is 7.15. The van der Waals surface area contributed by atoms with Gasteiger partial charge in [0.05, 0.1) is 26.8 Å². The van der Waals surface area contributed by atoms with Gasteiger partial charge < -0.3 is 10.1 Å². The first-order valence-corrected chi connectivity index (χ1v) is 9.72. The molecular formula is C16H16N2O2S3. The van der Waals surface area contributed by atoms with E-state index >= 15 is 0 Å². The van der Waals surface area contributed by atoms with Crippen molar-refractivity contribution in [3.05, 3.63) is 35.7 Å². The third kappa shape index (κ3) is 3.85. The predicted octanol–water partition coefficient (Wildman–Crippen LogP) is 4.88. The van der Waals surface area contributed by atoms with Gasteiger partial charge in [0.25, 0.3) is 0 Å². The summed E-state index contributed by atoms with van der Waals surface area (Å²) < 4.78 is 7.37. The van der Waals surface area contributed by atoms with Crippen LogP contribution in [0.3, 0.4) is 0 Å². The van der Waals surface area contributed by atoms with Crippen LogP contribution in [0.5, 0.6) is 5.75 Å². The van der Waals surface area contributed by atoms with Crippen molar-refractivity contribution in [3.63, 3.8) is 0 Å². The first kappa shape index (κ1) is 16.3. The lowest BCUT2D eigenvalue weighted by atomic mass is 10.3. The van der Waals surface area contributed by atoms with Crippen molar-refractivity contribution < 1.29 is 9.53 Å². The number of thioether (sulfide) groups is 1. The Kier molecular flexibility index (Phi) is 5.20. The molecule has 0 fully saturated rings. The van der Waals surface area contributed by atoms with Crippen LogP contribution in [-0.4, -0.2) is 23.3 Å². The minimum absolute atomic E-state index is 0.00285. The number of aromatic nitrogens is 1. The first-order chi connectivity index (χ1) is 11.2. The maximum Gasteiger partial charge on any atom is 0.239 e. The lowest BCUT2D eigenvalue weighted by molar-refractivity contribution is -0.115. The number of ether oxygens (including phenoxy) is 1. The van der Waals surface area contributed by atoms with Crippen molar-refractivity contribution in [1.29, 1.82) is 0 Å². The summed E-state index contributed by atoms with van der Waals surface area (Å²) in [4.78, 5) is 17.0. The van der Waals surface area contributed by atoms with Crippen LogP contribution in [-0.2, 0) is 4.79 Å². The Labute approximate surface area is 146 Å². The summed E-state index contributed by atoms with van der Waals surface area (Å²) >= 11 is 4.71. The fourth-order valence-corrected chi connectivity index (χ4v) is 4.92. The molecule has 3 aromatic rings. The molecule has 0 aliphatic carbocycles. The smallest absolute Gasteiger partial charge is 0.239 e. The second-order valence-corrected chi connectivity index (χ2v) is 8.27. The van der Waals surface area contributed by atoms with Gasteiger partial charge in [0, 0.05) is 0 Å². The molecule has 0 radical (unpaired) electrons. The SMILES string of the molecule is CCC(Sc1cccs1)C(=O)Nc1nc2ccc(OC)cc2s1. The largest absolute Gasteiger partial charge is 0.497 e. The van der Waals surface area contributed by atoms with E-state index in [0.29, 0.717) is 5.13 Å². The van der Waals surface area contributed by atoms with Crippen molar-refractivity contribution in [3.8, 4) is 5.75 Å². The van der Waals surface area contributed by atoms with Gasteiger partial charge in [-0.05, 0) is 36.1 Å². The van der Waals surface area contributed by atoms with Crippen LogP contribution < -0.4 is 10.1 Å². The molecule has 0 saturated carbocycles. The van der Waals surface area contributed by atoms with E-state index in [-0.39, 0.29) is 11.2 Å². The number of fused-ring (bicyclic) bond motifs is 1. The maximum absolute atomic E-state index is 12.5. The molecule has 0 bridgehead atoms. The van der Waals surface area contributed by atoms with E-state index in [2.05, 4.69) is 10.3 Å². The summed E-state index contributed by atoms with van der Waals surface area (Å²) in [6.07, 6.45) is 0.771. The number of thiophene rings is 1. The molecular weight excluding hydrogens is 348 g/mol. The van der Waals surface area contributed by atoms with Gasteiger partial charge in [-0.3, -0.25) is 4.79 Å². The van der Waals surface area contributed by atoms with Gasteiger partial charge in [-0.2, -0.15) is 0 Å². The zero-order chi connectivity index (χ0) is 16.2. The van der Waals surface area contributed by atoms with E-state index in [9.17, 15) is 4.79 Å². The average molecular weight is 365 g/mol. The molecule has 1 amide bonds. The topological polar surface area (TPSA) is 51.2 Å². The van der Waals surface area contributed by atoms with Crippen molar-refractivity contribution in [2.24, 2.45) is 0 Å². The molecule has 7 heteroatoms. The Morgan fingerprint density at radius 2 is 2.30 bits per heavy atom. The number of hydrogen-bond acceptors (Lipinski definition) is 6. The summed E-state index contributed by atoms with van der Waals surface area (Å²) in [5.41, 5.74) is 0.866. The summed E-state index contributed by atoms with van der Waals surface area (Å²) in [5.74, 6) is 0.788. The Bertz CT molecular complexity index is 799. The highest BCUT2D eigenvalue weighted by atomic mass is 32.2. The second-order valence-electron chi connectivity index (χ2n) is 4.79. The molecule has 23 heavy (non-hydrogen) atoms. The number of benzene rings is 1. The second kappa shape index (κ2) is 7.33. The third-order valence-corrected chi connectivity index (χ3v) is 6.62. The highest BCUT2D eigenvalue weighted by Gasteiger charge is 2.20. The highest BCUT2D eigenvalue weighted by Crippen LogP contribution is 2.32. The van der Waals surface area contributed by atoms with Gasteiger partial charge in [-0.1, -0.05) is 24.3 Å². The van der Waals surface area contributed by atoms with Crippen molar-refractivity contribution >= 4 is 55.7 Å². The quantitative estimate of drug-likeness (QED) is 0.634. The normalized spacial score (nSPS) is 12.3. The van der Waals surface area contributed by atoms with E-state index in [1.807, 2.05) is 42.6 Å². The molecule has 1 aromatic carbocycles. The minimum Gasteiger partial charge on any atom is -0.497 e. The third-order valence-electron chi connectivity index (χ3n) is 3.24. The molecule has 4 nitrogen and oxygen atoms in total. The van der Waals surface area contributed by atoms with Crippen LogP contribution in [0.25, 0.3) is 10.2 Å². The van der Waals surface area contributed by atoms with Gasteiger partial charge in [-0.25, -0.2) is 4.98 Å². The van der Waals surface area contributed by atoms with Crippen LogP contribution in [0.4, 0.5) is 5.13 Å². The Morgan fingerprint density at radius 3 is 3.00 bits per heavy atom. The number of nitrogens with one attached hydrogen (secondary N) is 1. The van der Waals surface area contributed by atoms with E-state index in [1.54, 1.807) is 30.2 Å². The Morgan fingerprint density at radius 1 is 1.43 bits per heavy atom. The van der Waals surface area contributed by atoms with Crippen LogP contribution in [0.2, 0.25) is 0 Å². The zero-order valence-electron chi connectivity index (χ0n) is 12.7. The van der Waals surface area contributed by atoms with Crippen LogP contribution in [0.15, 0.2) is 39.9 Å². The number of amides is 1. The monoisotopic (exact) mass is 364 g/mol.